The van der Waals surface area contributed by atoms with E-state index in [1.54, 1.807) is 0 Å². The van der Waals surface area contributed by atoms with Gasteiger partial charge in [-0.2, -0.15) is 9.34 Å². The Bertz CT molecular complexity index is 618. The molecule has 118 valence electrons. The summed E-state index contributed by atoms with van der Waals surface area (Å²) in [6.07, 6.45) is 1.01. The van der Waals surface area contributed by atoms with Crippen LogP contribution in [0.5, 0.6) is 0 Å². The molecule has 0 heterocycles. The monoisotopic (exact) mass is 335 g/mol. The Labute approximate surface area is 140 Å². The molecule has 0 bridgehead atoms. The molecule has 0 spiro atoms. The van der Waals surface area contributed by atoms with E-state index in [4.69, 9.17) is 11.6 Å². The summed E-state index contributed by atoms with van der Waals surface area (Å²) in [5.74, 6) is 0. The predicted molar refractivity (Wildman–Crippen MR) is 100 cm³/mol. The molecule has 2 aromatic rings. The molecular formula is C18H25ClN2P+. The first kappa shape index (κ1) is 17.4. The molecule has 4 heteroatoms. The van der Waals surface area contributed by atoms with Gasteiger partial charge in [-0.05, 0) is 24.1 Å². The van der Waals surface area contributed by atoms with Gasteiger partial charge >= 0.3 is 0 Å². The van der Waals surface area contributed by atoms with Crippen LogP contribution < -0.4 is 5.30 Å². The largest absolute Gasteiger partial charge is 0.189 e. The third-order valence-corrected chi connectivity index (χ3v) is 9.07. The molecule has 0 aromatic heterocycles. The highest BCUT2D eigenvalue weighted by Crippen LogP contribution is 2.64. The summed E-state index contributed by atoms with van der Waals surface area (Å²) in [5, 5.41) is 2.17. The minimum Gasteiger partial charge on any atom is -0.165 e. The fourth-order valence-electron chi connectivity index (χ4n) is 2.96. The fourth-order valence-corrected chi connectivity index (χ4v) is 7.23. The Balaban J connectivity index is 2.61. The van der Waals surface area contributed by atoms with Crippen molar-refractivity contribution >= 4 is 24.5 Å². The zero-order valence-corrected chi connectivity index (χ0v) is 15.7. The van der Waals surface area contributed by atoms with Crippen LogP contribution >= 0.6 is 19.2 Å². The molecule has 0 N–H and O–H groups in total. The lowest BCUT2D eigenvalue weighted by Crippen LogP contribution is -2.36. The molecule has 2 rings (SSSR count). The zero-order valence-electron chi connectivity index (χ0n) is 14.0. The van der Waals surface area contributed by atoms with Crippen molar-refractivity contribution in [3.8, 4) is 0 Å². The Morgan fingerprint density at radius 1 is 0.909 bits per heavy atom. The van der Waals surface area contributed by atoms with Gasteiger partial charge in [0.25, 0.3) is 0 Å². The first-order valence-electron chi connectivity index (χ1n) is 7.42. The Hall–Kier alpha value is -0.920. The Kier molecular flexibility index (Phi) is 5.63. The fraction of sp³-hybridized carbons (Fsp3) is 0.333. The molecule has 0 aliphatic rings. The highest BCUT2D eigenvalue weighted by molar-refractivity contribution is 7.78. The summed E-state index contributed by atoms with van der Waals surface area (Å²) in [6, 6.07) is 17.0. The van der Waals surface area contributed by atoms with Crippen molar-refractivity contribution in [3.05, 3.63) is 64.7 Å². The topological polar surface area (TPSA) is 6.48 Å². The van der Waals surface area contributed by atoms with Gasteiger partial charge < -0.3 is 0 Å². The Morgan fingerprint density at radius 3 is 2.05 bits per heavy atom. The summed E-state index contributed by atoms with van der Waals surface area (Å²) in [5.41, 5.74) is 2.66. The maximum atomic E-state index is 6.32. The van der Waals surface area contributed by atoms with Crippen LogP contribution in [0.15, 0.2) is 48.5 Å². The van der Waals surface area contributed by atoms with Crippen LogP contribution in [0.3, 0.4) is 0 Å². The van der Waals surface area contributed by atoms with E-state index in [-0.39, 0.29) is 0 Å². The van der Waals surface area contributed by atoms with Gasteiger partial charge in [0.05, 0.1) is 0 Å². The van der Waals surface area contributed by atoms with Gasteiger partial charge in [0, 0.05) is 39.3 Å². The van der Waals surface area contributed by atoms with Crippen LogP contribution in [0.1, 0.15) is 11.1 Å². The molecule has 2 aromatic carbocycles. The second kappa shape index (κ2) is 7.10. The van der Waals surface area contributed by atoms with Crippen LogP contribution in [0.25, 0.3) is 0 Å². The van der Waals surface area contributed by atoms with Crippen LogP contribution in [-0.4, -0.2) is 37.5 Å². The summed E-state index contributed by atoms with van der Waals surface area (Å²) < 4.78 is 4.78. The van der Waals surface area contributed by atoms with Gasteiger partial charge in [-0.3, -0.25) is 0 Å². The summed E-state index contributed by atoms with van der Waals surface area (Å²) in [6.45, 7) is 2.18. The second-order valence-electron chi connectivity index (χ2n) is 6.00. The molecule has 0 aliphatic carbocycles. The van der Waals surface area contributed by atoms with Gasteiger partial charge in [0.2, 0.25) is 0 Å². The zero-order chi connectivity index (χ0) is 16.3. The van der Waals surface area contributed by atoms with Crippen molar-refractivity contribution in [2.24, 2.45) is 0 Å². The molecular weight excluding hydrogens is 311 g/mol. The van der Waals surface area contributed by atoms with Gasteiger partial charge in [0.15, 0.2) is 7.56 Å². The molecule has 0 unspecified atom stereocenters. The SMILES string of the molecule is Cc1ccc(Cl)cc1[P+](Cc1ccccc1)(N(C)C)N(C)C. The molecule has 22 heavy (non-hydrogen) atoms. The number of halogens is 1. The standard InChI is InChI=1S/C18H25ClN2P/c1-15-11-12-17(19)13-18(15)22(20(2)3,21(4)5)14-16-9-7-6-8-10-16/h6-13H,14H2,1-5H3/q+1. The third-order valence-electron chi connectivity index (χ3n) is 4.13. The molecule has 0 aliphatic heterocycles. The van der Waals surface area contributed by atoms with E-state index in [1.165, 1.54) is 16.4 Å². The average molecular weight is 336 g/mol. The quantitative estimate of drug-likeness (QED) is 0.745. The normalized spacial score (nSPS) is 12.2. The number of rotatable bonds is 5. The van der Waals surface area contributed by atoms with Gasteiger partial charge in [-0.1, -0.05) is 48.0 Å². The minimum atomic E-state index is -1.70. The van der Waals surface area contributed by atoms with E-state index in [2.05, 4.69) is 86.9 Å². The van der Waals surface area contributed by atoms with E-state index in [0.29, 0.717) is 0 Å². The lowest BCUT2D eigenvalue weighted by atomic mass is 10.2. The average Bonchev–Trinajstić information content (AvgIpc) is 2.48. The number of nitrogens with zero attached hydrogens (tertiary/aromatic N) is 2. The van der Waals surface area contributed by atoms with E-state index in [9.17, 15) is 0 Å². The molecule has 0 amide bonds. The maximum Gasteiger partial charge on any atom is 0.189 e. The lowest BCUT2D eigenvalue weighted by molar-refractivity contribution is 0.557. The number of hydrogen-bond donors (Lipinski definition) is 0. The summed E-state index contributed by atoms with van der Waals surface area (Å²) in [4.78, 5) is 0. The molecule has 0 radical (unpaired) electrons. The van der Waals surface area contributed by atoms with Crippen molar-refractivity contribution < 1.29 is 0 Å². The summed E-state index contributed by atoms with van der Waals surface area (Å²) >= 11 is 6.32. The van der Waals surface area contributed by atoms with Crippen LogP contribution in [0, 0.1) is 6.92 Å². The molecule has 0 saturated carbocycles. The van der Waals surface area contributed by atoms with E-state index >= 15 is 0 Å². The van der Waals surface area contributed by atoms with Crippen LogP contribution in [-0.2, 0) is 6.16 Å². The van der Waals surface area contributed by atoms with E-state index in [1.807, 2.05) is 6.07 Å². The van der Waals surface area contributed by atoms with Crippen molar-refractivity contribution in [2.45, 2.75) is 13.1 Å². The first-order valence-corrected chi connectivity index (χ1v) is 9.68. The number of hydrogen-bond acceptors (Lipinski definition) is 2. The third kappa shape index (κ3) is 3.36. The van der Waals surface area contributed by atoms with Crippen molar-refractivity contribution in [3.63, 3.8) is 0 Å². The minimum absolute atomic E-state index is 0.807. The van der Waals surface area contributed by atoms with E-state index < -0.39 is 7.56 Å². The van der Waals surface area contributed by atoms with E-state index in [0.717, 1.165) is 11.2 Å². The van der Waals surface area contributed by atoms with Crippen molar-refractivity contribution in [1.29, 1.82) is 0 Å². The smallest absolute Gasteiger partial charge is 0.165 e. The lowest BCUT2D eigenvalue weighted by Gasteiger charge is -2.37. The first-order chi connectivity index (χ1) is 10.4. The molecule has 0 atom stereocenters. The maximum absolute atomic E-state index is 6.32. The van der Waals surface area contributed by atoms with Crippen molar-refractivity contribution in [2.75, 3.05) is 28.2 Å². The van der Waals surface area contributed by atoms with Gasteiger partial charge in [0.1, 0.15) is 11.5 Å². The highest BCUT2D eigenvalue weighted by atomic mass is 35.5. The summed E-state index contributed by atoms with van der Waals surface area (Å²) in [7, 11) is 7.01. The van der Waals surface area contributed by atoms with Gasteiger partial charge in [-0.25, -0.2) is 0 Å². The molecule has 0 fully saturated rings. The van der Waals surface area contributed by atoms with Crippen LogP contribution in [0.2, 0.25) is 5.02 Å². The van der Waals surface area contributed by atoms with Crippen LogP contribution in [0.4, 0.5) is 0 Å². The molecule has 0 saturated heterocycles. The highest BCUT2D eigenvalue weighted by Gasteiger charge is 2.47. The predicted octanol–water partition coefficient (Wildman–Crippen LogP) is 4.44. The number of aryl methyl sites for hydroxylation is 1. The van der Waals surface area contributed by atoms with Gasteiger partial charge in [-0.15, -0.1) is 0 Å². The Morgan fingerprint density at radius 2 is 1.50 bits per heavy atom. The van der Waals surface area contributed by atoms with Crippen molar-refractivity contribution in [1.82, 2.24) is 9.34 Å². The second-order valence-corrected chi connectivity index (χ2v) is 10.3. The number of benzene rings is 2. The molecule has 2 nitrogen and oxygen atoms in total.